The zero-order valence-corrected chi connectivity index (χ0v) is 22.4. The monoisotopic (exact) mass is 503 g/mol. The Labute approximate surface area is 207 Å². The molecule has 1 aliphatic heterocycles. The first-order chi connectivity index (χ1) is 15.9. The fourth-order valence-corrected chi connectivity index (χ4v) is 4.61. The highest BCUT2D eigenvalue weighted by atomic mass is 19.3. The first kappa shape index (κ1) is 29.3. The van der Waals surface area contributed by atoms with Gasteiger partial charge in [-0.25, -0.2) is 13.6 Å². The third-order valence-corrected chi connectivity index (χ3v) is 7.00. The summed E-state index contributed by atoms with van der Waals surface area (Å²) in [4.78, 5) is 44.6. The van der Waals surface area contributed by atoms with Crippen molar-refractivity contribution in [2.75, 3.05) is 20.2 Å². The summed E-state index contributed by atoms with van der Waals surface area (Å²) in [6.45, 7) is 11.8. The highest BCUT2D eigenvalue weighted by molar-refractivity contribution is 5.87. The van der Waals surface area contributed by atoms with Crippen molar-refractivity contribution in [3.63, 3.8) is 0 Å². The van der Waals surface area contributed by atoms with Crippen LogP contribution < -0.4 is 0 Å². The van der Waals surface area contributed by atoms with Crippen LogP contribution in [0.5, 0.6) is 0 Å². The topological polar surface area (TPSA) is 90.4 Å². The molecule has 3 amide bonds. The van der Waals surface area contributed by atoms with E-state index in [0.717, 1.165) is 0 Å². The van der Waals surface area contributed by atoms with Crippen LogP contribution in [0.15, 0.2) is 0 Å². The average Bonchev–Trinajstić information content (AvgIpc) is 3.17. The number of likely N-dealkylation sites (tertiary alicyclic amines) is 1. The van der Waals surface area contributed by atoms with E-state index in [1.807, 2.05) is 13.8 Å². The summed E-state index contributed by atoms with van der Waals surface area (Å²) in [6.07, 6.45) is -0.903. The normalized spacial score (nSPS) is 23.4. The van der Waals surface area contributed by atoms with Gasteiger partial charge in [0.15, 0.2) is 0 Å². The van der Waals surface area contributed by atoms with Gasteiger partial charge in [0, 0.05) is 38.5 Å². The van der Waals surface area contributed by atoms with Gasteiger partial charge in [-0.1, -0.05) is 0 Å². The number of hydrogen-bond acceptors (Lipinski definition) is 5. The molecule has 202 valence electrons. The molecule has 2 fully saturated rings. The molecule has 1 N–H and O–H groups in total. The maximum absolute atomic E-state index is 13.9. The Hall–Kier alpha value is -1.97. The lowest BCUT2D eigenvalue weighted by molar-refractivity contribution is -0.151. The lowest BCUT2D eigenvalue weighted by Gasteiger charge is -2.43. The molecule has 35 heavy (non-hydrogen) atoms. The number of carbonyl (C=O) groups is 3. The SMILES string of the molecule is CC(C)N(C)C(=O)[C@@H]1C[C@H](N(C(=O)C(C)(C)CO)C2CCC(F)(F)CC2)CN1C(=O)OC(C)(C)C. The van der Waals surface area contributed by atoms with Crippen LogP contribution in [0.4, 0.5) is 13.6 Å². The highest BCUT2D eigenvalue weighted by Gasteiger charge is 2.50. The fraction of sp³-hybridized carbons (Fsp3) is 0.880. The van der Waals surface area contributed by atoms with Gasteiger partial charge in [-0.05, 0) is 67.7 Å². The summed E-state index contributed by atoms with van der Waals surface area (Å²) in [5.74, 6) is -3.40. The summed E-state index contributed by atoms with van der Waals surface area (Å²) in [7, 11) is 1.66. The second-order valence-electron chi connectivity index (χ2n) is 11.9. The van der Waals surface area contributed by atoms with Gasteiger partial charge in [0.05, 0.1) is 18.1 Å². The van der Waals surface area contributed by atoms with Gasteiger partial charge in [-0.15, -0.1) is 0 Å². The maximum Gasteiger partial charge on any atom is 0.411 e. The first-order valence-electron chi connectivity index (χ1n) is 12.5. The Kier molecular flexibility index (Phi) is 8.83. The largest absolute Gasteiger partial charge is 0.444 e. The van der Waals surface area contributed by atoms with Crippen molar-refractivity contribution in [1.82, 2.24) is 14.7 Å². The van der Waals surface area contributed by atoms with Gasteiger partial charge in [0.1, 0.15) is 11.6 Å². The average molecular weight is 504 g/mol. The van der Waals surface area contributed by atoms with Crippen molar-refractivity contribution < 1.29 is 33.0 Å². The van der Waals surface area contributed by atoms with Crippen LogP contribution in [0.2, 0.25) is 0 Å². The van der Waals surface area contributed by atoms with E-state index in [1.165, 1.54) is 4.90 Å². The molecule has 0 aromatic carbocycles. The first-order valence-corrected chi connectivity index (χ1v) is 12.5. The Morgan fingerprint density at radius 2 is 1.63 bits per heavy atom. The van der Waals surface area contributed by atoms with Crippen molar-refractivity contribution in [1.29, 1.82) is 0 Å². The molecular formula is C25H43F2N3O5. The number of carbonyl (C=O) groups excluding carboxylic acids is 3. The minimum absolute atomic E-state index is 0.0530. The fourth-order valence-electron chi connectivity index (χ4n) is 4.61. The molecular weight excluding hydrogens is 460 g/mol. The standard InChI is InChI=1S/C25H43F2N3O5/c1-16(2)28(8)20(32)19-13-18(14-29(19)22(34)35-23(3,4)5)30(21(33)24(6,7)15-31)17-9-11-25(26,27)12-10-17/h16-19,31H,9-15H2,1-8H3/t18-,19-/m0/s1. The quantitative estimate of drug-likeness (QED) is 0.598. The molecule has 0 radical (unpaired) electrons. The molecule has 1 saturated carbocycles. The predicted molar refractivity (Wildman–Crippen MR) is 128 cm³/mol. The number of rotatable bonds is 6. The van der Waals surface area contributed by atoms with E-state index in [4.69, 9.17) is 4.74 Å². The summed E-state index contributed by atoms with van der Waals surface area (Å²) >= 11 is 0. The molecule has 0 aromatic heterocycles. The Morgan fingerprint density at radius 1 is 1.09 bits per heavy atom. The van der Waals surface area contributed by atoms with Gasteiger partial charge < -0.3 is 19.6 Å². The van der Waals surface area contributed by atoms with Crippen LogP contribution in [0.3, 0.4) is 0 Å². The molecule has 2 atom stereocenters. The molecule has 1 heterocycles. The van der Waals surface area contributed by atoms with E-state index in [0.29, 0.717) is 0 Å². The van der Waals surface area contributed by atoms with E-state index in [2.05, 4.69) is 0 Å². The Morgan fingerprint density at radius 3 is 2.09 bits per heavy atom. The molecule has 2 aliphatic rings. The summed E-state index contributed by atoms with van der Waals surface area (Å²) in [5, 5.41) is 9.87. The molecule has 8 nitrogen and oxygen atoms in total. The number of nitrogens with zero attached hydrogens (tertiary/aromatic N) is 3. The molecule has 0 spiro atoms. The lowest BCUT2D eigenvalue weighted by atomic mass is 9.86. The highest BCUT2D eigenvalue weighted by Crippen LogP contribution is 2.39. The Bertz CT molecular complexity index is 786. The van der Waals surface area contributed by atoms with E-state index < -0.39 is 47.8 Å². The second kappa shape index (κ2) is 10.6. The summed E-state index contributed by atoms with van der Waals surface area (Å²) in [6, 6.07) is -1.98. The zero-order chi connectivity index (χ0) is 26.9. The van der Waals surface area contributed by atoms with Crippen molar-refractivity contribution >= 4 is 17.9 Å². The number of hydrogen-bond donors (Lipinski definition) is 1. The number of alkyl halides is 2. The van der Waals surface area contributed by atoms with Crippen molar-refractivity contribution in [3.8, 4) is 0 Å². The zero-order valence-electron chi connectivity index (χ0n) is 22.4. The smallest absolute Gasteiger partial charge is 0.411 e. The van der Waals surface area contributed by atoms with Gasteiger partial charge in [0.25, 0.3) is 0 Å². The van der Waals surface area contributed by atoms with Crippen molar-refractivity contribution in [3.05, 3.63) is 0 Å². The van der Waals surface area contributed by atoms with Crippen molar-refractivity contribution in [2.24, 2.45) is 5.41 Å². The minimum atomic E-state index is -2.77. The van der Waals surface area contributed by atoms with Gasteiger partial charge in [0.2, 0.25) is 17.7 Å². The molecule has 2 rings (SSSR count). The number of aliphatic hydroxyl groups excluding tert-OH is 1. The number of ether oxygens (including phenoxy) is 1. The molecule has 0 aromatic rings. The van der Waals surface area contributed by atoms with E-state index in [-0.39, 0.29) is 56.5 Å². The van der Waals surface area contributed by atoms with Gasteiger partial charge in [-0.2, -0.15) is 0 Å². The second-order valence-corrected chi connectivity index (χ2v) is 11.9. The third kappa shape index (κ3) is 7.05. The molecule has 0 bridgehead atoms. The minimum Gasteiger partial charge on any atom is -0.444 e. The number of aliphatic hydroxyl groups is 1. The van der Waals surface area contributed by atoms with E-state index >= 15 is 0 Å². The van der Waals surface area contributed by atoms with Crippen LogP contribution in [0, 0.1) is 5.41 Å². The lowest BCUT2D eigenvalue weighted by Crippen LogP contribution is -2.55. The van der Waals surface area contributed by atoms with Gasteiger partial charge >= 0.3 is 6.09 Å². The molecule has 1 saturated heterocycles. The van der Waals surface area contributed by atoms with E-state index in [9.17, 15) is 28.3 Å². The maximum atomic E-state index is 13.9. The van der Waals surface area contributed by atoms with Crippen LogP contribution in [-0.4, -0.2) is 93.6 Å². The van der Waals surface area contributed by atoms with Crippen LogP contribution in [-0.2, 0) is 14.3 Å². The molecule has 1 aliphatic carbocycles. The molecule has 10 heteroatoms. The van der Waals surface area contributed by atoms with Crippen LogP contribution in [0.1, 0.15) is 80.6 Å². The van der Waals surface area contributed by atoms with Crippen LogP contribution in [0.25, 0.3) is 0 Å². The summed E-state index contributed by atoms with van der Waals surface area (Å²) < 4.78 is 33.4. The molecule has 0 unspecified atom stereocenters. The summed E-state index contributed by atoms with van der Waals surface area (Å²) in [5.41, 5.74) is -1.91. The van der Waals surface area contributed by atoms with E-state index in [1.54, 1.807) is 51.5 Å². The van der Waals surface area contributed by atoms with Gasteiger partial charge in [-0.3, -0.25) is 14.5 Å². The Balaban J connectivity index is 2.43. The van der Waals surface area contributed by atoms with Crippen molar-refractivity contribution in [2.45, 2.75) is 116 Å². The van der Waals surface area contributed by atoms with Crippen LogP contribution >= 0.6 is 0 Å². The number of amides is 3. The third-order valence-electron chi connectivity index (χ3n) is 7.00. The number of halogens is 2. The predicted octanol–water partition coefficient (Wildman–Crippen LogP) is 3.66. The number of likely N-dealkylation sites (N-methyl/N-ethyl adjacent to an activating group) is 1.